The lowest BCUT2D eigenvalue weighted by Gasteiger charge is -2.34. The predicted molar refractivity (Wildman–Crippen MR) is 107 cm³/mol. The predicted octanol–water partition coefficient (Wildman–Crippen LogP) is 2.37. The van der Waals surface area contributed by atoms with E-state index >= 15 is 0 Å². The molecule has 0 bridgehead atoms. The van der Waals surface area contributed by atoms with Crippen molar-refractivity contribution in [3.05, 3.63) is 64.3 Å². The maximum absolute atomic E-state index is 12.7. The number of nitro groups is 1. The van der Waals surface area contributed by atoms with E-state index < -0.39 is 4.92 Å². The number of nitro benzene ring substituents is 1. The van der Waals surface area contributed by atoms with Crippen molar-refractivity contribution in [1.29, 1.82) is 0 Å². The summed E-state index contributed by atoms with van der Waals surface area (Å²) < 4.78 is 6.90. The van der Waals surface area contributed by atoms with Gasteiger partial charge in [0.1, 0.15) is 5.75 Å². The molecule has 9 heteroatoms. The van der Waals surface area contributed by atoms with E-state index in [0.717, 1.165) is 16.7 Å². The first-order valence-electron chi connectivity index (χ1n) is 9.31. The van der Waals surface area contributed by atoms with E-state index in [1.807, 2.05) is 4.90 Å². The molecule has 9 nitrogen and oxygen atoms in total. The lowest BCUT2D eigenvalue weighted by molar-refractivity contribution is -0.384. The van der Waals surface area contributed by atoms with Gasteiger partial charge in [0.25, 0.3) is 11.6 Å². The number of rotatable bonds is 5. The molecule has 1 aliphatic rings. The third-order valence-electron chi connectivity index (χ3n) is 5.17. The molecule has 2 aromatic carbocycles. The number of methoxy groups -OCH3 is 1. The van der Waals surface area contributed by atoms with E-state index in [0.29, 0.717) is 38.4 Å². The van der Waals surface area contributed by atoms with Gasteiger partial charge in [0.05, 0.1) is 30.4 Å². The first-order valence-corrected chi connectivity index (χ1v) is 9.31. The van der Waals surface area contributed by atoms with Crippen LogP contribution in [0.4, 0.5) is 5.69 Å². The average molecular weight is 395 g/mol. The van der Waals surface area contributed by atoms with Crippen LogP contribution >= 0.6 is 0 Å². The number of ether oxygens (including phenoxy) is 1. The Morgan fingerprint density at radius 3 is 2.52 bits per heavy atom. The van der Waals surface area contributed by atoms with Gasteiger partial charge in [-0.2, -0.15) is 5.10 Å². The minimum atomic E-state index is -0.402. The fraction of sp³-hybridized carbons (Fsp3) is 0.300. The Hall–Kier alpha value is -3.46. The Morgan fingerprint density at radius 2 is 1.86 bits per heavy atom. The van der Waals surface area contributed by atoms with E-state index in [4.69, 9.17) is 4.74 Å². The molecule has 0 N–H and O–H groups in total. The van der Waals surface area contributed by atoms with E-state index in [1.165, 1.54) is 6.07 Å². The Bertz CT molecular complexity index is 1040. The summed E-state index contributed by atoms with van der Waals surface area (Å²) in [5, 5.41) is 16.3. The molecular formula is C20H21N5O4. The minimum absolute atomic E-state index is 0.00691. The van der Waals surface area contributed by atoms with Crippen LogP contribution in [0, 0.1) is 10.1 Å². The van der Waals surface area contributed by atoms with Crippen LogP contribution in [0.3, 0.4) is 0 Å². The van der Waals surface area contributed by atoms with Gasteiger partial charge in [-0.15, -0.1) is 0 Å². The van der Waals surface area contributed by atoms with Crippen LogP contribution in [0.2, 0.25) is 0 Å². The molecule has 29 heavy (non-hydrogen) atoms. The van der Waals surface area contributed by atoms with Crippen LogP contribution in [0.5, 0.6) is 5.75 Å². The Kier molecular flexibility index (Phi) is 5.13. The number of non-ortho nitro benzene ring substituents is 1. The second kappa shape index (κ2) is 7.88. The largest absolute Gasteiger partial charge is 0.497 e. The Morgan fingerprint density at radius 1 is 1.14 bits per heavy atom. The van der Waals surface area contributed by atoms with Crippen LogP contribution in [0.25, 0.3) is 10.9 Å². The van der Waals surface area contributed by atoms with Crippen molar-refractivity contribution in [3.8, 4) is 5.75 Å². The van der Waals surface area contributed by atoms with E-state index in [2.05, 4.69) is 10.00 Å². The third kappa shape index (κ3) is 3.90. The third-order valence-corrected chi connectivity index (χ3v) is 5.17. The number of hydrogen-bond acceptors (Lipinski definition) is 6. The van der Waals surface area contributed by atoms with Crippen molar-refractivity contribution in [2.45, 2.75) is 6.67 Å². The van der Waals surface area contributed by atoms with Gasteiger partial charge in [-0.25, -0.2) is 0 Å². The van der Waals surface area contributed by atoms with E-state index in [1.54, 1.807) is 54.4 Å². The number of aromatic nitrogens is 2. The second-order valence-electron chi connectivity index (χ2n) is 6.92. The second-order valence-corrected chi connectivity index (χ2v) is 6.92. The van der Waals surface area contributed by atoms with Gasteiger partial charge in [-0.05, 0) is 30.3 Å². The molecule has 4 rings (SSSR count). The zero-order valence-electron chi connectivity index (χ0n) is 16.0. The van der Waals surface area contributed by atoms with Crippen molar-refractivity contribution in [1.82, 2.24) is 19.6 Å². The maximum Gasteiger partial charge on any atom is 0.271 e. The fourth-order valence-electron chi connectivity index (χ4n) is 3.48. The van der Waals surface area contributed by atoms with Gasteiger partial charge < -0.3 is 9.64 Å². The number of nitrogens with zero attached hydrogens (tertiary/aromatic N) is 5. The molecule has 0 radical (unpaired) electrons. The quantitative estimate of drug-likeness (QED) is 0.486. The standard InChI is InChI=1S/C20H21N5O4/c1-29-18-6-3-15(4-7-18)20(26)23-10-8-22(9-11-23)14-24-19-12-17(25(27)28)5-2-16(19)13-21-24/h2-7,12-13H,8-11,14H2,1H3. The van der Waals surface area contributed by atoms with Crippen LogP contribution in [-0.4, -0.2) is 63.7 Å². The number of carbonyl (C=O) groups is 1. The highest BCUT2D eigenvalue weighted by Crippen LogP contribution is 2.21. The Balaban J connectivity index is 1.40. The number of carbonyl (C=O) groups excluding carboxylic acids is 1. The molecular weight excluding hydrogens is 374 g/mol. The molecule has 0 atom stereocenters. The summed E-state index contributed by atoms with van der Waals surface area (Å²) in [4.78, 5) is 27.3. The van der Waals surface area contributed by atoms with Crippen molar-refractivity contribution >= 4 is 22.5 Å². The number of fused-ring (bicyclic) bond motifs is 1. The summed E-state index contributed by atoms with van der Waals surface area (Å²) in [5.74, 6) is 0.727. The number of benzene rings is 2. The smallest absolute Gasteiger partial charge is 0.271 e. The molecule has 1 saturated heterocycles. The van der Waals surface area contributed by atoms with Crippen LogP contribution in [-0.2, 0) is 6.67 Å². The number of hydrogen-bond donors (Lipinski definition) is 0. The van der Waals surface area contributed by atoms with Crippen LogP contribution < -0.4 is 4.74 Å². The first-order chi connectivity index (χ1) is 14.0. The van der Waals surface area contributed by atoms with Crippen LogP contribution in [0.1, 0.15) is 10.4 Å². The SMILES string of the molecule is COc1ccc(C(=O)N2CCN(Cn3ncc4ccc([N+](=O)[O-])cc43)CC2)cc1. The highest BCUT2D eigenvalue weighted by atomic mass is 16.6. The molecule has 1 aliphatic heterocycles. The molecule has 1 fully saturated rings. The molecule has 0 saturated carbocycles. The van der Waals surface area contributed by atoms with E-state index in [-0.39, 0.29) is 11.6 Å². The lowest BCUT2D eigenvalue weighted by Crippen LogP contribution is -2.49. The van der Waals surface area contributed by atoms with Crippen molar-refractivity contribution in [3.63, 3.8) is 0 Å². The Labute approximate surface area is 167 Å². The summed E-state index contributed by atoms with van der Waals surface area (Å²) in [6.45, 7) is 3.17. The van der Waals surface area contributed by atoms with E-state index in [9.17, 15) is 14.9 Å². The molecule has 2 heterocycles. The molecule has 1 aromatic heterocycles. The zero-order valence-corrected chi connectivity index (χ0v) is 16.0. The summed E-state index contributed by atoms with van der Waals surface area (Å²) in [5.41, 5.74) is 1.43. The minimum Gasteiger partial charge on any atom is -0.497 e. The van der Waals surface area contributed by atoms with Gasteiger partial charge >= 0.3 is 0 Å². The van der Waals surface area contributed by atoms with Crippen molar-refractivity contribution in [2.24, 2.45) is 0 Å². The molecule has 0 aliphatic carbocycles. The van der Waals surface area contributed by atoms with Crippen molar-refractivity contribution < 1.29 is 14.5 Å². The van der Waals surface area contributed by atoms with Gasteiger partial charge in [0.15, 0.2) is 0 Å². The first kappa shape index (κ1) is 18.9. The summed E-state index contributed by atoms with van der Waals surface area (Å²) >= 11 is 0. The van der Waals surface area contributed by atoms with Crippen molar-refractivity contribution in [2.75, 3.05) is 33.3 Å². The molecule has 3 aromatic rings. The summed E-state index contributed by atoms with van der Waals surface area (Å²) in [6, 6.07) is 11.9. The molecule has 0 spiro atoms. The topological polar surface area (TPSA) is 93.7 Å². The van der Waals surface area contributed by atoms with Crippen LogP contribution in [0.15, 0.2) is 48.7 Å². The zero-order chi connectivity index (χ0) is 20.4. The van der Waals surface area contributed by atoms with Gasteiger partial charge in [0.2, 0.25) is 0 Å². The van der Waals surface area contributed by atoms with Gasteiger partial charge in [-0.1, -0.05) is 0 Å². The highest BCUT2D eigenvalue weighted by Gasteiger charge is 2.23. The molecule has 0 unspecified atom stereocenters. The van der Waals surface area contributed by atoms with Gasteiger partial charge in [0, 0.05) is 49.3 Å². The summed E-state index contributed by atoms with van der Waals surface area (Å²) in [7, 11) is 1.59. The number of amides is 1. The monoisotopic (exact) mass is 395 g/mol. The highest BCUT2D eigenvalue weighted by molar-refractivity contribution is 5.94. The maximum atomic E-state index is 12.7. The normalized spacial score (nSPS) is 14.9. The fourth-order valence-corrected chi connectivity index (χ4v) is 3.48. The average Bonchev–Trinajstić information content (AvgIpc) is 3.16. The molecule has 150 valence electrons. The lowest BCUT2D eigenvalue weighted by atomic mass is 10.1. The number of piperazine rings is 1. The summed E-state index contributed by atoms with van der Waals surface area (Å²) in [6.07, 6.45) is 1.71. The van der Waals surface area contributed by atoms with Gasteiger partial charge in [-0.3, -0.25) is 24.5 Å². The molecule has 1 amide bonds.